The number of carboxylic acid groups (broad SMARTS) is 1. The summed E-state index contributed by atoms with van der Waals surface area (Å²) in [4.78, 5) is 89.4. The number of H-pyrrole nitrogens is 1. The lowest BCUT2D eigenvalue weighted by molar-refractivity contribution is -0.122. The number of anilines is 3. The molecule has 0 fully saturated rings. The van der Waals surface area contributed by atoms with Gasteiger partial charge in [-0.3, -0.25) is 29.0 Å². The first-order valence-electron chi connectivity index (χ1n) is 24.1. The number of fused-ring (bicyclic) bond motifs is 3. The normalized spacial score (nSPS) is 12.0. The van der Waals surface area contributed by atoms with E-state index in [9.17, 15) is 39.0 Å². The summed E-state index contributed by atoms with van der Waals surface area (Å²) >= 11 is 5.43. The molecule has 2 atom stereocenters. The van der Waals surface area contributed by atoms with E-state index in [2.05, 4.69) is 51.8 Å². The molecular weight excluding hydrogens is 987 g/mol. The van der Waals surface area contributed by atoms with Gasteiger partial charge in [0, 0.05) is 90.7 Å². The molecule has 1 aliphatic heterocycles. The molecule has 75 heavy (non-hydrogen) atoms. The maximum Gasteiger partial charge on any atom is 0.336 e. The number of rotatable bonds is 25. The number of amides is 3. The average molecular weight is 1040 g/mol. The van der Waals surface area contributed by atoms with Crippen molar-refractivity contribution in [2.45, 2.75) is 64.6 Å². The van der Waals surface area contributed by atoms with Gasteiger partial charge in [-0.25, -0.2) is 14.8 Å². The Balaban J connectivity index is 0.700. The summed E-state index contributed by atoms with van der Waals surface area (Å²) < 4.78 is 17.3. The minimum Gasteiger partial charge on any atom is -0.508 e. The molecule has 23 heteroatoms. The van der Waals surface area contributed by atoms with E-state index in [1.54, 1.807) is 48.5 Å². The number of nitrogens with two attached hydrogens (primary N) is 1. The molecule has 0 spiro atoms. The van der Waals surface area contributed by atoms with Gasteiger partial charge in [0.2, 0.25) is 17.8 Å². The lowest BCUT2D eigenvalue weighted by Gasteiger charge is -2.18. The molecule has 0 saturated carbocycles. The van der Waals surface area contributed by atoms with Crippen LogP contribution in [-0.4, -0.2) is 111 Å². The lowest BCUT2D eigenvalue weighted by atomic mass is 9.90. The van der Waals surface area contributed by atoms with Crippen molar-refractivity contribution in [3.05, 3.63) is 122 Å². The number of carbonyl (C=O) groups is 4. The molecule has 3 heterocycles. The molecule has 3 amide bonds. The second-order valence-corrected chi connectivity index (χ2v) is 17.9. The van der Waals surface area contributed by atoms with Crippen LogP contribution in [0.25, 0.3) is 44.6 Å². The number of thiocarbonyl (C=S) groups is 1. The molecule has 1 unspecified atom stereocenters. The van der Waals surface area contributed by atoms with Crippen molar-refractivity contribution >= 4 is 80.5 Å². The number of aromatic nitrogens is 4. The molecule has 7 rings (SSSR count). The molecule has 5 aromatic rings. The highest BCUT2D eigenvalue weighted by Crippen LogP contribution is 2.42. The molecule has 2 aliphatic rings. The molecule has 0 radical (unpaired) electrons. The zero-order valence-electron chi connectivity index (χ0n) is 41.1. The highest BCUT2D eigenvalue weighted by atomic mass is 32.1. The lowest BCUT2D eigenvalue weighted by Crippen LogP contribution is -2.36. The zero-order chi connectivity index (χ0) is 53.4. The van der Waals surface area contributed by atoms with Crippen LogP contribution in [0.5, 0.6) is 5.75 Å². The molecule has 0 saturated heterocycles. The van der Waals surface area contributed by atoms with Gasteiger partial charge in [-0.2, -0.15) is 4.98 Å². The molecule has 1 aliphatic carbocycles. The number of carboxylic acids is 1. The number of hydrogen-bond donors (Lipinski definition) is 10. The van der Waals surface area contributed by atoms with Crippen LogP contribution in [0.15, 0.2) is 99.1 Å². The second kappa shape index (κ2) is 25.9. The zero-order valence-corrected chi connectivity index (χ0v) is 41.9. The highest BCUT2D eigenvalue weighted by molar-refractivity contribution is 7.80. The number of hydrogen-bond acceptors (Lipinski definition) is 16. The van der Waals surface area contributed by atoms with Crippen LogP contribution in [0.2, 0.25) is 0 Å². The highest BCUT2D eigenvalue weighted by Gasteiger charge is 2.23. The number of benzene rings is 4. The topological polar surface area (TPSA) is 327 Å². The van der Waals surface area contributed by atoms with Crippen LogP contribution in [-0.2, 0) is 25.6 Å². The largest absolute Gasteiger partial charge is 0.508 e. The number of aromatic amines is 1. The van der Waals surface area contributed by atoms with E-state index in [0.717, 1.165) is 5.69 Å². The fraction of sp³-hybridized carbons (Fsp3) is 0.308. The number of aromatic carboxylic acids is 1. The van der Waals surface area contributed by atoms with Gasteiger partial charge in [-0.15, -0.1) is 0 Å². The number of nitrogens with one attached hydrogen (secondary N) is 7. The smallest absolute Gasteiger partial charge is 0.336 e. The van der Waals surface area contributed by atoms with Crippen LogP contribution >= 0.6 is 12.2 Å². The molecular formula is C52H57N11O11S. The van der Waals surface area contributed by atoms with Gasteiger partial charge < -0.3 is 61.7 Å². The Kier molecular flexibility index (Phi) is 18.7. The van der Waals surface area contributed by atoms with E-state index in [1.807, 2.05) is 13.8 Å². The molecule has 392 valence electrons. The third kappa shape index (κ3) is 15.5. The predicted molar refractivity (Wildman–Crippen MR) is 286 cm³/mol. The van der Waals surface area contributed by atoms with Crippen molar-refractivity contribution in [1.29, 1.82) is 0 Å². The van der Waals surface area contributed by atoms with E-state index >= 15 is 0 Å². The predicted octanol–water partition coefficient (Wildman–Crippen LogP) is 4.90. The fourth-order valence-electron chi connectivity index (χ4n) is 7.84. The average Bonchev–Trinajstić information content (AvgIpc) is 3.38. The number of phenolic OH excluding ortho intramolecular Hbond substituents is 1. The first-order chi connectivity index (χ1) is 36.1. The summed E-state index contributed by atoms with van der Waals surface area (Å²) in [5.74, 6) is -1.58. The number of aromatic hydroxyl groups is 1. The summed E-state index contributed by atoms with van der Waals surface area (Å²) in [5.41, 5.74) is 8.83. The fourth-order valence-corrected chi connectivity index (χ4v) is 8.06. The van der Waals surface area contributed by atoms with E-state index in [0.29, 0.717) is 91.2 Å². The Morgan fingerprint density at radius 2 is 1.56 bits per heavy atom. The monoisotopic (exact) mass is 1040 g/mol. The van der Waals surface area contributed by atoms with Gasteiger partial charge in [0.1, 0.15) is 17.1 Å². The third-order valence-corrected chi connectivity index (χ3v) is 11.9. The number of carbonyl (C=O) groups excluding carboxylic acids is 3. The summed E-state index contributed by atoms with van der Waals surface area (Å²) in [7, 11) is 0. The van der Waals surface area contributed by atoms with Gasteiger partial charge in [-0.05, 0) is 112 Å². The van der Waals surface area contributed by atoms with Crippen molar-refractivity contribution < 1.29 is 43.3 Å². The number of nitrogens with zero attached hydrogens (tertiary/aromatic N) is 3. The van der Waals surface area contributed by atoms with E-state index in [1.165, 1.54) is 36.5 Å². The minimum atomic E-state index is -1.19. The summed E-state index contributed by atoms with van der Waals surface area (Å²) in [6.07, 6.45) is 3.37. The van der Waals surface area contributed by atoms with Crippen LogP contribution in [0, 0.1) is 0 Å². The maximum atomic E-state index is 12.8. The minimum absolute atomic E-state index is 0.0341. The van der Waals surface area contributed by atoms with E-state index < -0.39 is 11.5 Å². The Morgan fingerprint density at radius 1 is 0.827 bits per heavy atom. The molecule has 0 bridgehead atoms. The molecule has 2 aromatic heterocycles. The van der Waals surface area contributed by atoms with Crippen molar-refractivity contribution in [3.63, 3.8) is 0 Å². The Hall–Kier alpha value is -8.54. The molecule has 3 aromatic carbocycles. The Morgan fingerprint density at radius 3 is 2.35 bits per heavy atom. The molecule has 22 nitrogen and oxygen atoms in total. The number of nitrogen functional groups attached to an aromatic ring is 1. The standard InChI is InChI=1S/C52H57N11O11S/c1-29(59-48(68)31-6-8-32(9-7-31)57-27-34-28-58-47-46(60-34)49(69)63-51(53)62-47)4-16-43(66)54-18-3-21-72-22-23-73-30(2)5-17-44(67)55-19-20-56-52(75)61-33-10-13-37(40(24-33)50(70)71)45-38-14-11-35(64)25-41(38)74-42-26-36(65)12-15-39(42)45/h6-15,24-26,28-30,57,64H,3-5,16-23,27H2,1-2H3,(H,54,66)(H,55,67)(H,59,68)(H,70,71)(H2,56,61,75)(H3,53,58,62,63,69)/t29-,30?/m1/s1. The van der Waals surface area contributed by atoms with Gasteiger partial charge in [0.15, 0.2) is 21.7 Å². The first-order valence-corrected chi connectivity index (χ1v) is 24.5. The molecule has 11 N–H and O–H groups in total. The SMILES string of the molecule is CC(CCC(=O)NCCNC(=S)Nc1ccc(-c2c3ccc(=O)cc-3oc3cc(O)ccc23)c(C(=O)O)c1)OCCOCCCNC(=O)CC[C@@H](C)NC(=O)c1ccc(NCc2cnc3nc(N)[nH]c(=O)c3n2)cc1. The van der Waals surface area contributed by atoms with Crippen molar-refractivity contribution in [2.75, 3.05) is 55.8 Å². The summed E-state index contributed by atoms with van der Waals surface area (Å²) in [6.45, 7) is 6.15. The Bertz CT molecular complexity index is 3280. The van der Waals surface area contributed by atoms with Crippen molar-refractivity contribution in [1.82, 2.24) is 41.2 Å². The van der Waals surface area contributed by atoms with Crippen LogP contribution in [0.4, 0.5) is 17.3 Å². The summed E-state index contributed by atoms with van der Waals surface area (Å²) in [6, 6.07) is 20.2. The van der Waals surface area contributed by atoms with Crippen LogP contribution in [0.1, 0.15) is 72.4 Å². The van der Waals surface area contributed by atoms with Crippen molar-refractivity contribution in [2.24, 2.45) is 0 Å². The quantitative estimate of drug-likeness (QED) is 0.0207. The first kappa shape index (κ1) is 54.2. The third-order valence-electron chi connectivity index (χ3n) is 11.7. The van der Waals surface area contributed by atoms with Gasteiger partial charge in [-0.1, -0.05) is 6.07 Å². The number of ether oxygens (including phenoxy) is 2. The van der Waals surface area contributed by atoms with Crippen LogP contribution < -0.4 is 48.6 Å². The second-order valence-electron chi connectivity index (χ2n) is 17.5. The van der Waals surface area contributed by atoms with Gasteiger partial charge >= 0.3 is 5.97 Å². The van der Waals surface area contributed by atoms with Crippen molar-refractivity contribution in [3.8, 4) is 28.2 Å². The Labute approximate surface area is 434 Å². The summed E-state index contributed by atoms with van der Waals surface area (Å²) in [5, 5.41) is 38.9. The van der Waals surface area contributed by atoms with Gasteiger partial charge in [0.25, 0.3) is 11.5 Å². The van der Waals surface area contributed by atoms with E-state index in [-0.39, 0.29) is 106 Å². The van der Waals surface area contributed by atoms with E-state index in [4.69, 9.17) is 31.8 Å². The maximum absolute atomic E-state index is 12.8. The number of phenols is 1. The van der Waals surface area contributed by atoms with Crippen LogP contribution in [0.3, 0.4) is 0 Å². The van der Waals surface area contributed by atoms with Gasteiger partial charge in [0.05, 0.1) is 43.3 Å².